The van der Waals surface area contributed by atoms with E-state index in [1.807, 2.05) is 0 Å². The van der Waals surface area contributed by atoms with E-state index in [0.29, 0.717) is 0 Å². The van der Waals surface area contributed by atoms with Crippen LogP contribution >= 0.6 is 15.9 Å². The van der Waals surface area contributed by atoms with Crippen LogP contribution in [0.5, 0.6) is 0 Å². The molecule has 6 nitrogen and oxygen atoms in total. The molecule has 0 saturated heterocycles. The third-order valence-electron chi connectivity index (χ3n) is 2.52. The number of carbonyl (C=O) groups excluding carboxylic acids is 1. The number of nitrogen functional groups attached to an aromatic ring is 1. The number of nitrogens with zero attached hydrogens (tertiary/aromatic N) is 1. The molecule has 1 aromatic rings. The highest BCUT2D eigenvalue weighted by Crippen LogP contribution is 2.28. The number of likely N-dealkylation sites (N-methyl/N-ethyl adjacent to an activating group) is 1. The molecule has 0 aliphatic rings. The fourth-order valence-electron chi connectivity index (χ4n) is 1.49. The molecule has 0 saturated carbocycles. The topological polar surface area (TPSA) is 89.7 Å². The van der Waals surface area contributed by atoms with Crippen molar-refractivity contribution in [3.8, 4) is 0 Å². The van der Waals surface area contributed by atoms with Crippen LogP contribution in [0.4, 0.5) is 10.1 Å². The van der Waals surface area contributed by atoms with Crippen LogP contribution in [0.1, 0.15) is 6.92 Å². The van der Waals surface area contributed by atoms with Crippen molar-refractivity contribution < 1.29 is 22.3 Å². The molecule has 112 valence electrons. The number of rotatable bonds is 5. The van der Waals surface area contributed by atoms with Gasteiger partial charge in [0, 0.05) is 12.2 Å². The molecule has 20 heavy (non-hydrogen) atoms. The number of carbonyl (C=O) groups is 1. The van der Waals surface area contributed by atoms with Crippen LogP contribution < -0.4 is 5.73 Å². The second-order valence-corrected chi connectivity index (χ2v) is 6.58. The predicted octanol–water partition coefficient (Wildman–Crippen LogP) is 1.35. The molecular formula is C11H14BrFN2O4S. The number of esters is 1. The van der Waals surface area contributed by atoms with Crippen molar-refractivity contribution in [3.05, 3.63) is 22.4 Å². The minimum Gasteiger partial charge on any atom is -0.468 e. The molecule has 1 aromatic carbocycles. The van der Waals surface area contributed by atoms with E-state index in [2.05, 4.69) is 20.7 Å². The van der Waals surface area contributed by atoms with Crippen LogP contribution in [0.2, 0.25) is 0 Å². The van der Waals surface area contributed by atoms with Crippen molar-refractivity contribution in [2.45, 2.75) is 11.8 Å². The molecule has 0 aliphatic heterocycles. The Balaban J connectivity index is 3.31. The van der Waals surface area contributed by atoms with Gasteiger partial charge in [-0.25, -0.2) is 12.8 Å². The van der Waals surface area contributed by atoms with Gasteiger partial charge in [0.05, 0.1) is 11.6 Å². The van der Waals surface area contributed by atoms with Crippen molar-refractivity contribution in [1.82, 2.24) is 4.31 Å². The summed E-state index contributed by atoms with van der Waals surface area (Å²) < 4.78 is 43.8. The largest absolute Gasteiger partial charge is 0.468 e. The van der Waals surface area contributed by atoms with Gasteiger partial charge in [-0.05, 0) is 28.1 Å². The molecule has 1 rings (SSSR count). The van der Waals surface area contributed by atoms with E-state index >= 15 is 0 Å². The molecule has 0 heterocycles. The maximum atomic E-state index is 14.0. The van der Waals surface area contributed by atoms with Gasteiger partial charge in [-0.15, -0.1) is 0 Å². The van der Waals surface area contributed by atoms with Crippen LogP contribution in [-0.4, -0.2) is 38.9 Å². The van der Waals surface area contributed by atoms with E-state index in [4.69, 9.17) is 5.73 Å². The Kier molecular flexibility index (Phi) is 5.49. The Morgan fingerprint density at radius 1 is 1.50 bits per heavy atom. The first kappa shape index (κ1) is 16.9. The van der Waals surface area contributed by atoms with Gasteiger partial charge in [-0.3, -0.25) is 4.79 Å². The minimum atomic E-state index is -4.18. The smallest absolute Gasteiger partial charge is 0.321 e. The highest BCUT2D eigenvalue weighted by atomic mass is 79.9. The number of hydrogen-bond donors (Lipinski definition) is 1. The fourth-order valence-corrected chi connectivity index (χ4v) is 3.61. The normalized spacial score (nSPS) is 11.7. The molecule has 0 aliphatic carbocycles. The summed E-state index contributed by atoms with van der Waals surface area (Å²) in [6, 6.07) is 2.26. The van der Waals surface area contributed by atoms with Crippen LogP contribution in [0.3, 0.4) is 0 Å². The summed E-state index contributed by atoms with van der Waals surface area (Å²) >= 11 is 2.90. The van der Waals surface area contributed by atoms with Crippen LogP contribution in [-0.2, 0) is 19.6 Å². The van der Waals surface area contributed by atoms with E-state index < -0.39 is 33.3 Å². The number of sulfonamides is 1. The third-order valence-corrected chi connectivity index (χ3v) is 5.02. The maximum absolute atomic E-state index is 14.0. The summed E-state index contributed by atoms with van der Waals surface area (Å²) in [7, 11) is -3.05. The van der Waals surface area contributed by atoms with Crippen LogP contribution in [0, 0.1) is 5.82 Å². The molecule has 0 spiro atoms. The maximum Gasteiger partial charge on any atom is 0.321 e. The molecule has 0 atom stereocenters. The molecule has 0 aromatic heterocycles. The van der Waals surface area contributed by atoms with Gasteiger partial charge < -0.3 is 10.5 Å². The standard InChI is InChI=1S/C11H14BrFN2O4S/c1-3-15(6-10(16)19-2)20(17,18)9-5-7(14)4-8(12)11(9)13/h4-5H,3,6,14H2,1-2H3. The monoisotopic (exact) mass is 368 g/mol. The Bertz CT molecular complexity index is 621. The zero-order valence-corrected chi connectivity index (χ0v) is 13.3. The first-order valence-electron chi connectivity index (χ1n) is 5.55. The first-order valence-corrected chi connectivity index (χ1v) is 7.78. The van der Waals surface area contributed by atoms with E-state index in [1.54, 1.807) is 0 Å². The number of benzene rings is 1. The Morgan fingerprint density at radius 2 is 2.10 bits per heavy atom. The number of anilines is 1. The van der Waals surface area contributed by atoms with E-state index in [0.717, 1.165) is 17.5 Å². The molecule has 0 amide bonds. The van der Waals surface area contributed by atoms with Crippen molar-refractivity contribution >= 4 is 37.6 Å². The second-order valence-electron chi connectivity index (χ2n) is 3.82. The van der Waals surface area contributed by atoms with Crippen LogP contribution in [0.25, 0.3) is 0 Å². The van der Waals surface area contributed by atoms with Crippen molar-refractivity contribution in [2.75, 3.05) is 25.9 Å². The van der Waals surface area contributed by atoms with Gasteiger partial charge in [-0.1, -0.05) is 6.92 Å². The minimum absolute atomic E-state index is 0.0106. The second kappa shape index (κ2) is 6.51. The highest BCUT2D eigenvalue weighted by molar-refractivity contribution is 9.10. The van der Waals surface area contributed by atoms with Crippen molar-refractivity contribution in [2.24, 2.45) is 0 Å². The number of ether oxygens (including phenoxy) is 1. The average molecular weight is 369 g/mol. The number of nitrogens with two attached hydrogens (primary N) is 1. The fraction of sp³-hybridized carbons (Fsp3) is 0.364. The van der Waals surface area contributed by atoms with Gasteiger partial charge in [0.1, 0.15) is 11.4 Å². The highest BCUT2D eigenvalue weighted by Gasteiger charge is 2.29. The molecule has 2 N–H and O–H groups in total. The summed E-state index contributed by atoms with van der Waals surface area (Å²) in [5, 5.41) is 0. The summed E-state index contributed by atoms with van der Waals surface area (Å²) in [5.74, 6) is -1.69. The summed E-state index contributed by atoms with van der Waals surface area (Å²) in [5.41, 5.74) is 5.61. The predicted molar refractivity (Wildman–Crippen MR) is 75.0 cm³/mol. The zero-order chi connectivity index (χ0) is 15.5. The van der Waals surface area contributed by atoms with Crippen LogP contribution in [0.15, 0.2) is 21.5 Å². The number of methoxy groups -OCH3 is 1. The molecular weight excluding hydrogens is 355 g/mol. The van der Waals surface area contributed by atoms with E-state index in [9.17, 15) is 17.6 Å². The Morgan fingerprint density at radius 3 is 2.60 bits per heavy atom. The average Bonchev–Trinajstić information content (AvgIpc) is 2.39. The summed E-state index contributed by atoms with van der Waals surface area (Å²) in [4.78, 5) is 10.6. The Labute approximate surface area is 124 Å². The van der Waals surface area contributed by atoms with Gasteiger partial charge in [0.15, 0.2) is 5.82 Å². The molecule has 0 unspecified atom stereocenters. The lowest BCUT2D eigenvalue weighted by molar-refractivity contribution is -0.140. The van der Waals surface area contributed by atoms with Gasteiger partial charge in [-0.2, -0.15) is 4.31 Å². The van der Waals surface area contributed by atoms with Gasteiger partial charge in [0.2, 0.25) is 10.0 Å². The van der Waals surface area contributed by atoms with Gasteiger partial charge >= 0.3 is 5.97 Å². The molecule has 0 bridgehead atoms. The van der Waals surface area contributed by atoms with E-state index in [-0.39, 0.29) is 16.7 Å². The van der Waals surface area contributed by atoms with Crippen molar-refractivity contribution in [3.63, 3.8) is 0 Å². The van der Waals surface area contributed by atoms with Crippen molar-refractivity contribution in [1.29, 1.82) is 0 Å². The first-order chi connectivity index (χ1) is 9.23. The number of hydrogen-bond acceptors (Lipinski definition) is 5. The lowest BCUT2D eigenvalue weighted by Crippen LogP contribution is -2.36. The Hall–Kier alpha value is -1.19. The zero-order valence-electron chi connectivity index (χ0n) is 10.9. The SMILES string of the molecule is CCN(CC(=O)OC)S(=O)(=O)c1cc(N)cc(Br)c1F. The number of halogens is 2. The summed E-state index contributed by atoms with van der Waals surface area (Å²) in [6.07, 6.45) is 0. The quantitative estimate of drug-likeness (QED) is 0.625. The molecule has 0 fully saturated rings. The molecule has 9 heteroatoms. The van der Waals surface area contributed by atoms with E-state index in [1.165, 1.54) is 13.0 Å². The third kappa shape index (κ3) is 3.47. The van der Waals surface area contributed by atoms with Gasteiger partial charge in [0.25, 0.3) is 0 Å². The lowest BCUT2D eigenvalue weighted by Gasteiger charge is -2.20. The summed E-state index contributed by atoms with van der Waals surface area (Å²) in [6.45, 7) is 1.02. The lowest BCUT2D eigenvalue weighted by atomic mass is 10.3. The molecule has 0 radical (unpaired) electrons.